The Morgan fingerprint density at radius 1 is 1.56 bits per heavy atom. The van der Waals surface area contributed by atoms with Crippen LogP contribution in [0.3, 0.4) is 0 Å². The first-order chi connectivity index (χ1) is 8.56. The van der Waals surface area contributed by atoms with Crippen LogP contribution in [0.4, 0.5) is 0 Å². The minimum atomic E-state index is -0.0712. The standard InChI is InChI=1S/C15H29NOS/c1-5-14(10-18-4)16(3)11-15(12-17)8-6-7-13(2)9-15/h12-14H,5-11H2,1-4H3. The third kappa shape index (κ3) is 4.27. The van der Waals surface area contributed by atoms with Gasteiger partial charge in [-0.15, -0.1) is 0 Å². The highest BCUT2D eigenvalue weighted by molar-refractivity contribution is 7.98. The number of nitrogens with zero attached hydrogens (tertiary/aromatic N) is 1. The van der Waals surface area contributed by atoms with Crippen LogP contribution in [-0.4, -0.2) is 42.8 Å². The fourth-order valence-electron chi connectivity index (χ4n) is 3.36. The van der Waals surface area contributed by atoms with Gasteiger partial charge in [0.05, 0.1) is 0 Å². The predicted octanol–water partition coefficient (Wildman–Crippen LogP) is 3.46. The third-order valence-corrected chi connectivity index (χ3v) is 5.11. The molecule has 0 N–H and O–H groups in total. The number of thioether (sulfide) groups is 1. The summed E-state index contributed by atoms with van der Waals surface area (Å²) in [5, 5.41) is 0. The van der Waals surface area contributed by atoms with E-state index in [1.165, 1.54) is 25.5 Å². The molecular formula is C15H29NOS. The van der Waals surface area contributed by atoms with Gasteiger partial charge in [0.1, 0.15) is 6.29 Å². The first kappa shape index (κ1) is 16.0. The molecule has 1 fully saturated rings. The van der Waals surface area contributed by atoms with Crippen molar-refractivity contribution >= 4 is 18.0 Å². The van der Waals surface area contributed by atoms with Crippen molar-refractivity contribution in [1.29, 1.82) is 0 Å². The SMILES string of the molecule is CCC(CSC)N(C)CC1(C=O)CCCC(C)C1. The van der Waals surface area contributed by atoms with E-state index in [0.29, 0.717) is 12.0 Å². The van der Waals surface area contributed by atoms with Gasteiger partial charge in [0.15, 0.2) is 0 Å². The Morgan fingerprint density at radius 2 is 2.28 bits per heavy atom. The van der Waals surface area contributed by atoms with Crippen molar-refractivity contribution in [3.05, 3.63) is 0 Å². The zero-order chi connectivity index (χ0) is 13.6. The summed E-state index contributed by atoms with van der Waals surface area (Å²) >= 11 is 1.90. The van der Waals surface area contributed by atoms with E-state index >= 15 is 0 Å². The summed E-state index contributed by atoms with van der Waals surface area (Å²) < 4.78 is 0. The topological polar surface area (TPSA) is 20.3 Å². The number of rotatable bonds is 7. The summed E-state index contributed by atoms with van der Waals surface area (Å²) in [6.45, 7) is 5.48. The molecule has 0 aromatic rings. The maximum Gasteiger partial charge on any atom is 0.127 e. The van der Waals surface area contributed by atoms with Crippen molar-refractivity contribution in [3.63, 3.8) is 0 Å². The lowest BCUT2D eigenvalue weighted by atomic mass is 9.70. The van der Waals surface area contributed by atoms with Crippen molar-refractivity contribution in [1.82, 2.24) is 4.90 Å². The molecule has 1 saturated carbocycles. The van der Waals surface area contributed by atoms with Gasteiger partial charge >= 0.3 is 0 Å². The molecule has 0 radical (unpaired) electrons. The Bertz CT molecular complexity index is 259. The Morgan fingerprint density at radius 3 is 2.78 bits per heavy atom. The number of aldehydes is 1. The van der Waals surface area contributed by atoms with E-state index in [1.807, 2.05) is 11.8 Å². The van der Waals surface area contributed by atoms with E-state index in [2.05, 4.69) is 32.1 Å². The molecule has 106 valence electrons. The van der Waals surface area contributed by atoms with Gasteiger partial charge in [-0.3, -0.25) is 0 Å². The maximum absolute atomic E-state index is 11.6. The molecule has 3 atom stereocenters. The van der Waals surface area contributed by atoms with E-state index in [0.717, 1.165) is 25.1 Å². The van der Waals surface area contributed by atoms with Gasteiger partial charge < -0.3 is 9.69 Å². The van der Waals surface area contributed by atoms with Crippen LogP contribution < -0.4 is 0 Å². The molecule has 0 saturated heterocycles. The van der Waals surface area contributed by atoms with Crippen LogP contribution in [0.15, 0.2) is 0 Å². The van der Waals surface area contributed by atoms with E-state index in [1.54, 1.807) is 0 Å². The number of hydrogen-bond acceptors (Lipinski definition) is 3. The van der Waals surface area contributed by atoms with Gasteiger partial charge in [0, 0.05) is 23.8 Å². The fraction of sp³-hybridized carbons (Fsp3) is 0.933. The monoisotopic (exact) mass is 271 g/mol. The van der Waals surface area contributed by atoms with Crippen LogP contribution >= 0.6 is 11.8 Å². The number of carbonyl (C=O) groups is 1. The van der Waals surface area contributed by atoms with E-state index in [-0.39, 0.29) is 5.41 Å². The fourth-order valence-corrected chi connectivity index (χ4v) is 4.24. The molecule has 0 aromatic heterocycles. The quantitative estimate of drug-likeness (QED) is 0.661. The minimum Gasteiger partial charge on any atom is -0.303 e. The predicted molar refractivity (Wildman–Crippen MR) is 81.2 cm³/mol. The molecule has 1 aliphatic carbocycles. The van der Waals surface area contributed by atoms with Gasteiger partial charge in [-0.25, -0.2) is 0 Å². The highest BCUT2D eigenvalue weighted by Gasteiger charge is 2.36. The van der Waals surface area contributed by atoms with E-state index in [9.17, 15) is 4.79 Å². The molecule has 18 heavy (non-hydrogen) atoms. The Kier molecular flexibility index (Phi) is 6.72. The second kappa shape index (κ2) is 7.54. The third-order valence-electron chi connectivity index (χ3n) is 4.39. The molecule has 2 nitrogen and oxygen atoms in total. The molecule has 3 unspecified atom stereocenters. The summed E-state index contributed by atoms with van der Waals surface area (Å²) in [6, 6.07) is 0.606. The molecule has 0 spiro atoms. The molecule has 0 heterocycles. The summed E-state index contributed by atoms with van der Waals surface area (Å²) in [7, 11) is 2.19. The van der Waals surface area contributed by atoms with Gasteiger partial charge in [-0.2, -0.15) is 11.8 Å². The van der Waals surface area contributed by atoms with Crippen molar-refractivity contribution in [2.75, 3.05) is 25.6 Å². The van der Waals surface area contributed by atoms with Crippen LogP contribution in [0.2, 0.25) is 0 Å². The van der Waals surface area contributed by atoms with Crippen molar-refractivity contribution in [2.24, 2.45) is 11.3 Å². The zero-order valence-corrected chi connectivity index (χ0v) is 13.3. The van der Waals surface area contributed by atoms with Crippen LogP contribution in [-0.2, 0) is 4.79 Å². The highest BCUT2D eigenvalue weighted by Crippen LogP contribution is 2.38. The van der Waals surface area contributed by atoms with E-state index in [4.69, 9.17) is 0 Å². The van der Waals surface area contributed by atoms with Crippen molar-refractivity contribution in [3.8, 4) is 0 Å². The molecule has 1 aliphatic rings. The van der Waals surface area contributed by atoms with Gasteiger partial charge in [0.25, 0.3) is 0 Å². The lowest BCUT2D eigenvalue weighted by Crippen LogP contribution is -2.45. The van der Waals surface area contributed by atoms with Crippen LogP contribution in [0.25, 0.3) is 0 Å². The van der Waals surface area contributed by atoms with Gasteiger partial charge in [0.2, 0.25) is 0 Å². The average Bonchev–Trinajstić information content (AvgIpc) is 2.35. The molecule has 3 heteroatoms. The molecule has 0 amide bonds. The first-order valence-corrected chi connectivity index (χ1v) is 8.61. The zero-order valence-electron chi connectivity index (χ0n) is 12.4. The number of carbonyl (C=O) groups excluding carboxylic acids is 1. The highest BCUT2D eigenvalue weighted by atomic mass is 32.2. The van der Waals surface area contributed by atoms with Crippen molar-refractivity contribution < 1.29 is 4.79 Å². The normalized spacial score (nSPS) is 30.4. The lowest BCUT2D eigenvalue weighted by Gasteiger charge is -2.40. The Balaban J connectivity index is 2.63. The summed E-state index contributed by atoms with van der Waals surface area (Å²) in [5.74, 6) is 1.87. The van der Waals surface area contributed by atoms with Gasteiger partial charge in [-0.1, -0.05) is 26.7 Å². The first-order valence-electron chi connectivity index (χ1n) is 7.22. The largest absolute Gasteiger partial charge is 0.303 e. The summed E-state index contributed by atoms with van der Waals surface area (Å²) in [4.78, 5) is 14.0. The van der Waals surface area contributed by atoms with Crippen molar-refractivity contribution in [2.45, 2.75) is 52.0 Å². The van der Waals surface area contributed by atoms with Crippen LogP contribution in [0, 0.1) is 11.3 Å². The second-order valence-electron chi connectivity index (χ2n) is 6.11. The van der Waals surface area contributed by atoms with Gasteiger partial charge in [-0.05, 0) is 38.5 Å². The molecule has 0 aromatic carbocycles. The Hall–Kier alpha value is -0.0200. The molecule has 1 rings (SSSR count). The number of hydrogen-bond donors (Lipinski definition) is 0. The second-order valence-corrected chi connectivity index (χ2v) is 7.02. The van der Waals surface area contributed by atoms with Crippen LogP contribution in [0.5, 0.6) is 0 Å². The van der Waals surface area contributed by atoms with E-state index < -0.39 is 0 Å². The maximum atomic E-state index is 11.6. The average molecular weight is 271 g/mol. The molecule has 0 aliphatic heterocycles. The lowest BCUT2D eigenvalue weighted by molar-refractivity contribution is -0.120. The minimum absolute atomic E-state index is 0.0712. The van der Waals surface area contributed by atoms with Crippen LogP contribution in [0.1, 0.15) is 46.0 Å². The summed E-state index contributed by atoms with van der Waals surface area (Å²) in [6.07, 6.45) is 9.26. The smallest absolute Gasteiger partial charge is 0.127 e. The summed E-state index contributed by atoms with van der Waals surface area (Å²) in [5.41, 5.74) is -0.0712. The molecular weight excluding hydrogens is 242 g/mol. The molecule has 0 bridgehead atoms. The Labute approximate surface area is 117 Å².